The Morgan fingerprint density at radius 1 is 1.36 bits per heavy atom. The number of hydrogen-bond acceptors (Lipinski definition) is 5. The quantitative estimate of drug-likeness (QED) is 0.829. The first kappa shape index (κ1) is 16.7. The number of carbonyl (C=O) groups is 1. The van der Waals surface area contributed by atoms with Crippen molar-refractivity contribution in [2.75, 3.05) is 45.3 Å². The van der Waals surface area contributed by atoms with E-state index in [0.29, 0.717) is 24.0 Å². The van der Waals surface area contributed by atoms with E-state index in [1.807, 2.05) is 37.7 Å². The van der Waals surface area contributed by atoms with E-state index < -0.39 is 0 Å². The fourth-order valence-corrected chi connectivity index (χ4v) is 2.65. The molecule has 1 saturated heterocycles. The van der Waals surface area contributed by atoms with Gasteiger partial charge in [-0.25, -0.2) is 9.97 Å². The molecule has 0 radical (unpaired) electrons. The lowest BCUT2D eigenvalue weighted by Gasteiger charge is -2.29. The van der Waals surface area contributed by atoms with Crippen molar-refractivity contribution in [3.05, 3.63) is 17.5 Å². The third-order valence-corrected chi connectivity index (χ3v) is 4.09. The van der Waals surface area contributed by atoms with Gasteiger partial charge in [0.25, 0.3) is 5.91 Å². The number of ether oxygens (including phenoxy) is 1. The van der Waals surface area contributed by atoms with E-state index in [2.05, 4.69) is 9.97 Å². The van der Waals surface area contributed by atoms with Crippen LogP contribution in [0.15, 0.2) is 6.20 Å². The van der Waals surface area contributed by atoms with Crippen LogP contribution in [-0.4, -0.2) is 61.2 Å². The van der Waals surface area contributed by atoms with Gasteiger partial charge < -0.3 is 14.5 Å². The second-order valence-corrected chi connectivity index (χ2v) is 5.96. The highest BCUT2D eigenvalue weighted by Crippen LogP contribution is 2.18. The Kier molecular flexibility index (Phi) is 5.71. The Morgan fingerprint density at radius 2 is 2.05 bits per heavy atom. The minimum atomic E-state index is 0.0248. The number of hydrogen-bond donors (Lipinski definition) is 0. The molecule has 1 aromatic heterocycles. The maximum Gasteiger partial charge on any atom is 0.257 e. The van der Waals surface area contributed by atoms with E-state index in [0.717, 1.165) is 38.3 Å². The van der Waals surface area contributed by atoms with Gasteiger partial charge in [-0.15, -0.1) is 0 Å². The van der Waals surface area contributed by atoms with Gasteiger partial charge in [0.05, 0.1) is 11.3 Å². The molecule has 1 aliphatic rings. The van der Waals surface area contributed by atoms with Crippen molar-refractivity contribution >= 4 is 11.9 Å². The summed E-state index contributed by atoms with van der Waals surface area (Å²) in [5, 5.41) is 0. The largest absolute Gasteiger partial charge is 0.381 e. The molecule has 1 fully saturated rings. The van der Waals surface area contributed by atoms with Gasteiger partial charge in [0.2, 0.25) is 5.95 Å². The first-order chi connectivity index (χ1) is 10.5. The van der Waals surface area contributed by atoms with Crippen molar-refractivity contribution < 1.29 is 9.53 Å². The molecule has 2 rings (SSSR count). The topological polar surface area (TPSA) is 58.6 Å². The molecule has 0 N–H and O–H groups in total. The lowest BCUT2D eigenvalue weighted by molar-refractivity contribution is 0.0466. The molecule has 0 spiro atoms. The second kappa shape index (κ2) is 7.54. The van der Waals surface area contributed by atoms with Crippen LogP contribution in [0, 0.1) is 12.8 Å². The highest BCUT2D eigenvalue weighted by Gasteiger charge is 2.23. The molecule has 122 valence electrons. The third-order valence-electron chi connectivity index (χ3n) is 4.09. The van der Waals surface area contributed by atoms with Crippen LogP contribution in [0.4, 0.5) is 5.95 Å². The number of amides is 1. The Bertz CT molecular complexity index is 513. The van der Waals surface area contributed by atoms with Crippen LogP contribution in [0.25, 0.3) is 0 Å². The average molecular weight is 306 g/mol. The van der Waals surface area contributed by atoms with E-state index >= 15 is 0 Å². The number of rotatable bonds is 5. The monoisotopic (exact) mass is 306 g/mol. The van der Waals surface area contributed by atoms with E-state index in [1.54, 1.807) is 6.20 Å². The normalized spacial score (nSPS) is 15.6. The first-order valence-electron chi connectivity index (χ1n) is 7.91. The van der Waals surface area contributed by atoms with Crippen molar-refractivity contribution in [3.63, 3.8) is 0 Å². The van der Waals surface area contributed by atoms with Crippen molar-refractivity contribution in [1.29, 1.82) is 0 Å². The molecule has 0 saturated carbocycles. The Hall–Kier alpha value is -1.69. The van der Waals surface area contributed by atoms with Crippen molar-refractivity contribution in [2.45, 2.75) is 26.7 Å². The molecular formula is C16H26N4O2. The average Bonchev–Trinajstić information content (AvgIpc) is 2.52. The lowest BCUT2D eigenvalue weighted by atomic mass is 9.99. The standard InChI is InChI=1S/C16H26N4O2/c1-5-20(11-13-6-8-22-9-7-13)15(21)14-10-17-16(19(3)4)18-12(14)2/h10,13H,5-9,11H2,1-4H3. The Balaban J connectivity index is 2.10. The maximum atomic E-state index is 12.8. The van der Waals surface area contributed by atoms with Crippen LogP contribution in [-0.2, 0) is 4.74 Å². The van der Waals surface area contributed by atoms with Crippen LogP contribution in [0.5, 0.6) is 0 Å². The summed E-state index contributed by atoms with van der Waals surface area (Å²) in [4.78, 5) is 25.2. The molecule has 0 aromatic carbocycles. The lowest BCUT2D eigenvalue weighted by Crippen LogP contribution is -2.37. The molecule has 1 aliphatic heterocycles. The summed E-state index contributed by atoms with van der Waals surface area (Å²) >= 11 is 0. The molecule has 0 bridgehead atoms. The van der Waals surface area contributed by atoms with E-state index in [4.69, 9.17) is 4.74 Å². The minimum Gasteiger partial charge on any atom is -0.381 e. The third kappa shape index (κ3) is 3.94. The molecule has 0 atom stereocenters. The zero-order chi connectivity index (χ0) is 16.1. The predicted octanol–water partition coefficient (Wildman–Crippen LogP) is 1.74. The fraction of sp³-hybridized carbons (Fsp3) is 0.688. The number of aromatic nitrogens is 2. The maximum absolute atomic E-state index is 12.8. The van der Waals surface area contributed by atoms with Crippen molar-refractivity contribution in [2.24, 2.45) is 5.92 Å². The predicted molar refractivity (Wildman–Crippen MR) is 86.2 cm³/mol. The zero-order valence-corrected chi connectivity index (χ0v) is 14.0. The summed E-state index contributed by atoms with van der Waals surface area (Å²) in [5.74, 6) is 1.18. The van der Waals surface area contributed by atoms with Crippen molar-refractivity contribution in [1.82, 2.24) is 14.9 Å². The van der Waals surface area contributed by atoms with E-state index in [-0.39, 0.29) is 5.91 Å². The molecule has 0 aliphatic carbocycles. The minimum absolute atomic E-state index is 0.0248. The van der Waals surface area contributed by atoms with Crippen LogP contribution >= 0.6 is 0 Å². The van der Waals surface area contributed by atoms with Gasteiger partial charge in [0.1, 0.15) is 0 Å². The summed E-state index contributed by atoms with van der Waals surface area (Å²) in [7, 11) is 3.78. The molecule has 0 unspecified atom stereocenters. The van der Waals surface area contributed by atoms with Crippen LogP contribution < -0.4 is 4.90 Å². The summed E-state index contributed by atoms with van der Waals surface area (Å²) in [5.41, 5.74) is 1.33. The van der Waals surface area contributed by atoms with Gasteiger partial charge >= 0.3 is 0 Å². The highest BCUT2D eigenvalue weighted by atomic mass is 16.5. The van der Waals surface area contributed by atoms with E-state index in [1.165, 1.54) is 0 Å². The molecule has 2 heterocycles. The SMILES string of the molecule is CCN(CC1CCOCC1)C(=O)c1cnc(N(C)C)nc1C. The van der Waals surface area contributed by atoms with Crippen LogP contribution in [0.1, 0.15) is 35.8 Å². The van der Waals surface area contributed by atoms with Gasteiger partial charge in [-0.1, -0.05) is 0 Å². The molecule has 22 heavy (non-hydrogen) atoms. The van der Waals surface area contributed by atoms with Gasteiger partial charge in [-0.05, 0) is 32.6 Å². The molecule has 6 heteroatoms. The summed E-state index contributed by atoms with van der Waals surface area (Å²) in [6.45, 7) is 6.97. The number of anilines is 1. The summed E-state index contributed by atoms with van der Waals surface area (Å²) < 4.78 is 5.39. The Labute approximate surface area is 132 Å². The smallest absolute Gasteiger partial charge is 0.257 e. The molecular weight excluding hydrogens is 280 g/mol. The zero-order valence-electron chi connectivity index (χ0n) is 14.0. The van der Waals surface area contributed by atoms with Gasteiger partial charge in [-0.3, -0.25) is 4.79 Å². The van der Waals surface area contributed by atoms with Gasteiger partial charge in [0, 0.05) is 46.6 Å². The van der Waals surface area contributed by atoms with Gasteiger partial charge in [-0.2, -0.15) is 0 Å². The summed E-state index contributed by atoms with van der Waals surface area (Å²) in [6, 6.07) is 0. The molecule has 6 nitrogen and oxygen atoms in total. The second-order valence-electron chi connectivity index (χ2n) is 5.96. The van der Waals surface area contributed by atoms with Crippen molar-refractivity contribution in [3.8, 4) is 0 Å². The van der Waals surface area contributed by atoms with Crippen LogP contribution in [0.2, 0.25) is 0 Å². The summed E-state index contributed by atoms with van der Waals surface area (Å²) in [6.07, 6.45) is 3.70. The molecule has 1 aromatic rings. The number of nitrogens with zero attached hydrogens (tertiary/aromatic N) is 4. The van der Waals surface area contributed by atoms with Gasteiger partial charge in [0.15, 0.2) is 0 Å². The highest BCUT2D eigenvalue weighted by molar-refractivity contribution is 5.95. The number of aryl methyl sites for hydroxylation is 1. The molecule has 1 amide bonds. The van der Waals surface area contributed by atoms with E-state index in [9.17, 15) is 4.79 Å². The number of carbonyl (C=O) groups excluding carboxylic acids is 1. The Morgan fingerprint density at radius 3 is 2.59 bits per heavy atom. The fourth-order valence-electron chi connectivity index (χ4n) is 2.65. The first-order valence-corrected chi connectivity index (χ1v) is 7.91. The van der Waals surface area contributed by atoms with Crippen LogP contribution in [0.3, 0.4) is 0 Å².